The minimum absolute atomic E-state index is 0.0518. The van der Waals surface area contributed by atoms with Gasteiger partial charge in [0.1, 0.15) is 5.52 Å². The normalized spacial score (nSPS) is 11.6. The maximum atomic E-state index is 13.7. The van der Waals surface area contributed by atoms with Crippen LogP contribution in [-0.4, -0.2) is 36.0 Å². The monoisotopic (exact) mass is 511 g/mol. The van der Waals surface area contributed by atoms with Crippen LogP contribution in [0.25, 0.3) is 55.3 Å². The van der Waals surface area contributed by atoms with Gasteiger partial charge in [-0.15, -0.1) is 11.3 Å². The minimum Gasteiger partial charge on any atom is -0.336 e. The Morgan fingerprint density at radius 3 is 2.76 bits per heavy atom. The molecule has 6 aromatic rings. The fourth-order valence-electron chi connectivity index (χ4n) is 4.26. The number of amides is 1. The van der Waals surface area contributed by atoms with E-state index in [1.807, 2.05) is 50.2 Å². The Kier molecular flexibility index (Phi) is 5.72. The maximum Gasteiger partial charge on any atom is 0.224 e. The molecule has 0 aliphatic rings. The van der Waals surface area contributed by atoms with Gasteiger partial charge in [0.2, 0.25) is 5.91 Å². The number of rotatable bonds is 6. The molecule has 6 rings (SSSR count). The van der Waals surface area contributed by atoms with Crippen LogP contribution < -0.4 is 5.32 Å². The number of hydrogen-bond donors (Lipinski definition) is 3. The number of benzene rings is 1. The van der Waals surface area contributed by atoms with Gasteiger partial charge >= 0.3 is 0 Å². The first-order valence-corrected chi connectivity index (χ1v) is 12.6. The van der Waals surface area contributed by atoms with Crippen molar-refractivity contribution in [1.82, 2.24) is 30.1 Å². The molecule has 3 N–H and O–H groups in total. The summed E-state index contributed by atoms with van der Waals surface area (Å²) in [5.74, 6) is 0.771. The molecule has 0 fully saturated rings. The Morgan fingerprint density at radius 1 is 1.05 bits per heavy atom. The molecule has 0 atom stereocenters. The van der Waals surface area contributed by atoms with Crippen molar-refractivity contribution in [1.29, 1.82) is 0 Å². The lowest BCUT2D eigenvalue weighted by Crippen LogP contribution is -2.14. The van der Waals surface area contributed by atoms with E-state index in [4.69, 9.17) is 9.97 Å². The van der Waals surface area contributed by atoms with Crippen molar-refractivity contribution in [3.63, 3.8) is 0 Å². The van der Waals surface area contributed by atoms with Crippen molar-refractivity contribution in [2.75, 3.05) is 5.32 Å². The van der Waals surface area contributed by atoms with Gasteiger partial charge in [0, 0.05) is 28.6 Å². The average Bonchev–Trinajstić information content (AvgIpc) is 3.60. The lowest BCUT2D eigenvalue weighted by atomic mass is 10.1. The number of carbonyl (C=O) groups excluding carboxylic acids is 1. The second kappa shape index (κ2) is 9.21. The van der Waals surface area contributed by atoms with Crippen LogP contribution in [0.4, 0.5) is 10.1 Å². The van der Waals surface area contributed by atoms with Crippen molar-refractivity contribution in [2.45, 2.75) is 20.3 Å². The third kappa shape index (κ3) is 4.47. The molecule has 0 unspecified atom stereocenters. The van der Waals surface area contributed by atoms with Crippen molar-refractivity contribution in [3.8, 4) is 33.2 Å². The smallest absolute Gasteiger partial charge is 0.224 e. The molecule has 0 saturated heterocycles. The molecule has 5 aromatic heterocycles. The summed E-state index contributed by atoms with van der Waals surface area (Å²) in [5.41, 5.74) is 6.46. The number of para-hydroxylation sites is 1. The van der Waals surface area contributed by atoms with Gasteiger partial charge in [-0.25, -0.2) is 9.97 Å². The first kappa shape index (κ1) is 23.0. The van der Waals surface area contributed by atoms with E-state index >= 15 is 0 Å². The Morgan fingerprint density at radius 2 is 1.95 bits per heavy atom. The minimum atomic E-state index is -0.240. The van der Waals surface area contributed by atoms with Crippen LogP contribution in [0.2, 0.25) is 0 Å². The fourth-order valence-corrected chi connectivity index (χ4v) is 5.02. The van der Waals surface area contributed by atoms with E-state index in [0.717, 1.165) is 43.9 Å². The lowest BCUT2D eigenvalue weighted by molar-refractivity contribution is -0.116. The summed E-state index contributed by atoms with van der Waals surface area (Å²) in [6.07, 6.45) is 3.77. The molecule has 8 nitrogen and oxygen atoms in total. The number of anilines is 1. The molecule has 0 saturated carbocycles. The molecule has 0 radical (unpaired) electrons. The van der Waals surface area contributed by atoms with Crippen LogP contribution in [0.5, 0.6) is 0 Å². The molecule has 0 aliphatic carbocycles. The number of aromatic amines is 2. The van der Waals surface area contributed by atoms with Gasteiger partial charge in [-0.2, -0.15) is 9.49 Å². The van der Waals surface area contributed by atoms with Gasteiger partial charge < -0.3 is 10.3 Å². The summed E-state index contributed by atoms with van der Waals surface area (Å²) in [7, 11) is 0. The van der Waals surface area contributed by atoms with Crippen molar-refractivity contribution >= 4 is 45.0 Å². The number of carbonyl (C=O) groups is 1. The zero-order chi connectivity index (χ0) is 25.5. The standard InChI is InChI=1S/C27H22FN7OS/c1-14(2)10-23(36)30-16-11-15(12-29-13-16)18-6-7-20-25(31-18)26(35-34-20)27-32-19-5-3-4-17(24(19)33-27)21-8-9-22(28)37-21/h3-9,11-14H,10H2,1-2H3,(H,30,36)(H,32,33)(H,34,35). The van der Waals surface area contributed by atoms with Gasteiger partial charge in [0.05, 0.1) is 34.1 Å². The van der Waals surface area contributed by atoms with E-state index < -0.39 is 0 Å². The molecule has 5 heterocycles. The topological polar surface area (TPSA) is 112 Å². The predicted molar refractivity (Wildman–Crippen MR) is 144 cm³/mol. The number of halogens is 1. The summed E-state index contributed by atoms with van der Waals surface area (Å²) >= 11 is 1.09. The number of hydrogen-bond acceptors (Lipinski definition) is 6. The first-order valence-electron chi connectivity index (χ1n) is 11.8. The van der Waals surface area contributed by atoms with Crippen LogP contribution in [0.1, 0.15) is 20.3 Å². The summed E-state index contributed by atoms with van der Waals surface area (Å²) in [6.45, 7) is 4.00. The van der Waals surface area contributed by atoms with Crippen molar-refractivity contribution in [2.24, 2.45) is 5.92 Å². The first-order chi connectivity index (χ1) is 17.9. The van der Waals surface area contributed by atoms with E-state index in [0.29, 0.717) is 34.8 Å². The highest BCUT2D eigenvalue weighted by atomic mass is 32.1. The Bertz CT molecular complexity index is 1770. The lowest BCUT2D eigenvalue weighted by Gasteiger charge is -2.08. The number of nitrogens with zero attached hydrogens (tertiary/aromatic N) is 4. The van der Waals surface area contributed by atoms with Crippen molar-refractivity contribution < 1.29 is 9.18 Å². The third-order valence-electron chi connectivity index (χ3n) is 5.89. The summed E-state index contributed by atoms with van der Waals surface area (Å²) in [4.78, 5) is 30.3. The van der Waals surface area contributed by atoms with Gasteiger partial charge in [-0.1, -0.05) is 26.0 Å². The van der Waals surface area contributed by atoms with Gasteiger partial charge in [-0.3, -0.25) is 14.9 Å². The molecule has 10 heteroatoms. The van der Waals surface area contributed by atoms with E-state index in [2.05, 4.69) is 25.5 Å². The van der Waals surface area contributed by atoms with Gasteiger partial charge in [0.25, 0.3) is 0 Å². The van der Waals surface area contributed by atoms with Crippen LogP contribution in [0.3, 0.4) is 0 Å². The van der Waals surface area contributed by atoms with Crippen LogP contribution in [0.15, 0.2) is 60.9 Å². The highest BCUT2D eigenvalue weighted by Gasteiger charge is 2.18. The molecule has 1 aromatic carbocycles. The number of pyridine rings is 2. The second-order valence-corrected chi connectivity index (χ2v) is 10.2. The molecule has 0 aliphatic heterocycles. The van der Waals surface area contributed by atoms with Crippen LogP contribution in [0, 0.1) is 11.0 Å². The average molecular weight is 512 g/mol. The number of imidazole rings is 1. The van der Waals surface area contributed by atoms with Crippen LogP contribution in [-0.2, 0) is 4.79 Å². The van der Waals surface area contributed by atoms with E-state index in [9.17, 15) is 9.18 Å². The summed E-state index contributed by atoms with van der Waals surface area (Å²) < 4.78 is 13.7. The molecule has 0 spiro atoms. The van der Waals surface area contributed by atoms with Crippen LogP contribution >= 0.6 is 11.3 Å². The molecule has 1 amide bonds. The van der Waals surface area contributed by atoms with E-state index in [1.54, 1.807) is 18.5 Å². The SMILES string of the molecule is CC(C)CC(=O)Nc1cncc(-c2ccc3[nH]nc(-c4nc5c(-c6ccc(F)s6)cccc5[nH]4)c3n2)c1. The molecular weight excluding hydrogens is 489 g/mol. The maximum absolute atomic E-state index is 13.7. The number of aromatic nitrogens is 6. The summed E-state index contributed by atoms with van der Waals surface area (Å²) in [5, 5.41) is 10.2. The van der Waals surface area contributed by atoms with E-state index in [1.165, 1.54) is 6.07 Å². The van der Waals surface area contributed by atoms with Gasteiger partial charge in [0.15, 0.2) is 16.6 Å². The summed E-state index contributed by atoms with van der Waals surface area (Å²) in [6, 6.07) is 14.6. The zero-order valence-electron chi connectivity index (χ0n) is 20.0. The number of nitrogens with one attached hydrogen (secondary N) is 3. The van der Waals surface area contributed by atoms with E-state index in [-0.39, 0.29) is 17.0 Å². The predicted octanol–water partition coefficient (Wildman–Crippen LogP) is 6.42. The molecule has 0 bridgehead atoms. The Hall–Kier alpha value is -4.44. The fraction of sp³-hybridized carbons (Fsp3) is 0.148. The van der Waals surface area contributed by atoms with Gasteiger partial charge in [-0.05, 0) is 42.3 Å². The number of H-pyrrole nitrogens is 2. The molecule has 184 valence electrons. The third-order valence-corrected chi connectivity index (χ3v) is 6.80. The molecule has 37 heavy (non-hydrogen) atoms. The Labute approximate surface area is 215 Å². The number of fused-ring (bicyclic) bond motifs is 2. The number of thiophene rings is 1. The van der Waals surface area contributed by atoms with Crippen molar-refractivity contribution in [3.05, 3.63) is 66.1 Å². The highest BCUT2D eigenvalue weighted by molar-refractivity contribution is 7.14. The quantitative estimate of drug-likeness (QED) is 0.239. The largest absolute Gasteiger partial charge is 0.336 e. The zero-order valence-corrected chi connectivity index (χ0v) is 20.9. The highest BCUT2D eigenvalue weighted by Crippen LogP contribution is 2.34. The Balaban J connectivity index is 1.38. The molecular formula is C27H22FN7OS. The second-order valence-electron chi connectivity index (χ2n) is 9.16.